The summed E-state index contributed by atoms with van der Waals surface area (Å²) in [5.74, 6) is -0.763. The van der Waals surface area contributed by atoms with Crippen molar-refractivity contribution in [3.05, 3.63) is 52.1 Å². The van der Waals surface area contributed by atoms with Crippen LogP contribution in [-0.2, 0) is 0 Å². The van der Waals surface area contributed by atoms with E-state index in [0.717, 1.165) is 19.6 Å². The molecule has 1 aliphatic rings. The zero-order valence-corrected chi connectivity index (χ0v) is 15.3. The van der Waals surface area contributed by atoms with Crippen LogP contribution in [-0.4, -0.2) is 53.9 Å². The van der Waals surface area contributed by atoms with E-state index in [-0.39, 0.29) is 11.6 Å². The average Bonchev–Trinajstić information content (AvgIpc) is 2.69. The molecule has 8 heteroatoms. The smallest absolute Gasteiger partial charge is 0.275 e. The maximum Gasteiger partial charge on any atom is 0.275 e. The number of carbonyl (C=O) groups is 1. The van der Waals surface area contributed by atoms with Crippen LogP contribution in [0, 0.1) is 5.82 Å². The molecule has 7 nitrogen and oxygen atoms in total. The number of nitrogens with one attached hydrogen (secondary N) is 1. The fourth-order valence-corrected chi connectivity index (χ4v) is 3.10. The molecule has 27 heavy (non-hydrogen) atoms. The van der Waals surface area contributed by atoms with Gasteiger partial charge in [-0.25, -0.2) is 9.07 Å². The number of carbonyl (C=O) groups excluding carboxylic acids is 1. The molecule has 2 aromatic rings. The maximum atomic E-state index is 13.2. The summed E-state index contributed by atoms with van der Waals surface area (Å²) in [6, 6.07) is 6.73. The third-order valence-electron chi connectivity index (χ3n) is 4.55. The Hall–Kier alpha value is -2.74. The summed E-state index contributed by atoms with van der Waals surface area (Å²) in [4.78, 5) is 27.0. The van der Waals surface area contributed by atoms with Crippen molar-refractivity contribution in [2.45, 2.75) is 19.3 Å². The molecule has 0 atom stereocenters. The Morgan fingerprint density at radius 3 is 2.59 bits per heavy atom. The number of hydrogen-bond acceptors (Lipinski definition) is 5. The fraction of sp³-hybridized carbons (Fsp3) is 0.421. The summed E-state index contributed by atoms with van der Waals surface area (Å²) in [6.45, 7) is 3.26. The standard InChI is InChI=1S/C19H23FN4O3/c1-27-17-13-16(25)18(22-24(17)15-7-5-14(20)6-8-15)19(26)21-9-12-23-10-3-2-4-11-23/h5-8,13H,2-4,9-12H2,1H3,(H,21,26). The normalized spacial score (nSPS) is 14.7. The second kappa shape index (κ2) is 8.77. The Morgan fingerprint density at radius 1 is 1.22 bits per heavy atom. The topological polar surface area (TPSA) is 76.5 Å². The van der Waals surface area contributed by atoms with Crippen LogP contribution in [0.1, 0.15) is 29.8 Å². The number of nitrogens with zero attached hydrogens (tertiary/aromatic N) is 3. The number of rotatable bonds is 6. The fourth-order valence-electron chi connectivity index (χ4n) is 3.10. The van der Waals surface area contributed by atoms with Crippen molar-refractivity contribution in [1.29, 1.82) is 0 Å². The summed E-state index contributed by atoms with van der Waals surface area (Å²) in [7, 11) is 1.40. The van der Waals surface area contributed by atoms with Crippen LogP contribution >= 0.6 is 0 Å². The van der Waals surface area contributed by atoms with Gasteiger partial charge in [0.15, 0.2) is 5.69 Å². The Labute approximate surface area is 156 Å². The lowest BCUT2D eigenvalue weighted by atomic mass is 10.1. The predicted molar refractivity (Wildman–Crippen MR) is 99.0 cm³/mol. The molecule has 1 amide bonds. The lowest BCUT2D eigenvalue weighted by Gasteiger charge is -2.26. The number of amides is 1. The number of benzene rings is 1. The molecule has 0 spiro atoms. The molecule has 1 aliphatic heterocycles. The molecule has 3 rings (SSSR count). The summed E-state index contributed by atoms with van der Waals surface area (Å²) < 4.78 is 19.7. The summed E-state index contributed by atoms with van der Waals surface area (Å²) >= 11 is 0. The van der Waals surface area contributed by atoms with E-state index in [2.05, 4.69) is 15.3 Å². The van der Waals surface area contributed by atoms with E-state index in [1.165, 1.54) is 61.4 Å². The van der Waals surface area contributed by atoms with Crippen molar-refractivity contribution in [1.82, 2.24) is 20.0 Å². The largest absolute Gasteiger partial charge is 0.481 e. The number of likely N-dealkylation sites (tertiary alicyclic amines) is 1. The monoisotopic (exact) mass is 374 g/mol. The second-order valence-electron chi connectivity index (χ2n) is 6.45. The number of hydrogen-bond donors (Lipinski definition) is 1. The van der Waals surface area contributed by atoms with Crippen LogP contribution < -0.4 is 15.5 Å². The number of methoxy groups -OCH3 is 1. The van der Waals surface area contributed by atoms with Gasteiger partial charge in [-0.2, -0.15) is 5.10 Å². The van der Waals surface area contributed by atoms with Gasteiger partial charge in [-0.05, 0) is 50.2 Å². The Morgan fingerprint density at radius 2 is 1.93 bits per heavy atom. The lowest BCUT2D eigenvalue weighted by Crippen LogP contribution is -2.39. The minimum absolute atomic E-state index is 0.163. The van der Waals surface area contributed by atoms with Gasteiger partial charge in [0.05, 0.1) is 18.9 Å². The Balaban J connectivity index is 1.75. The van der Waals surface area contributed by atoms with E-state index >= 15 is 0 Å². The van der Waals surface area contributed by atoms with E-state index in [4.69, 9.17) is 4.74 Å². The third-order valence-corrected chi connectivity index (χ3v) is 4.55. The number of halogens is 1. The number of ether oxygens (including phenoxy) is 1. The quantitative estimate of drug-likeness (QED) is 0.831. The van der Waals surface area contributed by atoms with E-state index < -0.39 is 17.2 Å². The zero-order chi connectivity index (χ0) is 19.2. The first-order valence-corrected chi connectivity index (χ1v) is 9.03. The molecule has 1 saturated heterocycles. The van der Waals surface area contributed by atoms with Gasteiger partial charge >= 0.3 is 0 Å². The van der Waals surface area contributed by atoms with Gasteiger partial charge in [0.1, 0.15) is 5.82 Å². The number of piperidine rings is 1. The van der Waals surface area contributed by atoms with Crippen LogP contribution in [0.2, 0.25) is 0 Å². The molecule has 0 aliphatic carbocycles. The van der Waals surface area contributed by atoms with Crippen molar-refractivity contribution in [2.75, 3.05) is 33.3 Å². The van der Waals surface area contributed by atoms with Crippen LogP contribution in [0.15, 0.2) is 35.1 Å². The molecular weight excluding hydrogens is 351 g/mol. The summed E-state index contributed by atoms with van der Waals surface area (Å²) in [5, 5.41) is 6.89. The van der Waals surface area contributed by atoms with E-state index in [0.29, 0.717) is 12.2 Å². The van der Waals surface area contributed by atoms with Gasteiger partial charge in [-0.3, -0.25) is 9.59 Å². The van der Waals surface area contributed by atoms with Gasteiger partial charge in [-0.1, -0.05) is 6.42 Å². The minimum atomic E-state index is -0.532. The highest BCUT2D eigenvalue weighted by Gasteiger charge is 2.17. The molecular formula is C19H23FN4O3. The highest BCUT2D eigenvalue weighted by Crippen LogP contribution is 2.15. The van der Waals surface area contributed by atoms with Crippen LogP contribution in [0.4, 0.5) is 4.39 Å². The Kier molecular flexibility index (Phi) is 6.18. The van der Waals surface area contributed by atoms with Gasteiger partial charge in [0.2, 0.25) is 11.3 Å². The average molecular weight is 374 g/mol. The first-order chi connectivity index (χ1) is 13.1. The van der Waals surface area contributed by atoms with Crippen LogP contribution in [0.25, 0.3) is 5.69 Å². The lowest BCUT2D eigenvalue weighted by molar-refractivity contribution is 0.0938. The highest BCUT2D eigenvalue weighted by molar-refractivity contribution is 5.92. The predicted octanol–water partition coefficient (Wildman–Crippen LogP) is 1.60. The third kappa shape index (κ3) is 4.71. The van der Waals surface area contributed by atoms with E-state index in [1.54, 1.807) is 0 Å². The second-order valence-corrected chi connectivity index (χ2v) is 6.45. The van der Waals surface area contributed by atoms with Crippen LogP contribution in [0.5, 0.6) is 5.88 Å². The van der Waals surface area contributed by atoms with Crippen molar-refractivity contribution in [3.63, 3.8) is 0 Å². The first-order valence-electron chi connectivity index (χ1n) is 9.03. The summed E-state index contributed by atoms with van der Waals surface area (Å²) in [5.41, 5.74) is -0.268. The van der Waals surface area contributed by atoms with Gasteiger partial charge in [0, 0.05) is 13.1 Å². The molecule has 0 unspecified atom stereocenters. The Bertz CT molecular complexity index is 845. The van der Waals surface area contributed by atoms with Crippen molar-refractivity contribution in [2.24, 2.45) is 0 Å². The number of aromatic nitrogens is 2. The molecule has 0 saturated carbocycles. The van der Waals surface area contributed by atoms with Crippen molar-refractivity contribution < 1.29 is 13.9 Å². The summed E-state index contributed by atoms with van der Waals surface area (Å²) in [6.07, 6.45) is 3.61. The molecule has 1 aromatic carbocycles. The maximum absolute atomic E-state index is 13.2. The highest BCUT2D eigenvalue weighted by atomic mass is 19.1. The van der Waals surface area contributed by atoms with Crippen molar-refractivity contribution >= 4 is 5.91 Å². The molecule has 1 N–H and O–H groups in total. The zero-order valence-electron chi connectivity index (χ0n) is 15.3. The van der Waals surface area contributed by atoms with E-state index in [9.17, 15) is 14.0 Å². The van der Waals surface area contributed by atoms with Crippen molar-refractivity contribution in [3.8, 4) is 11.6 Å². The molecule has 0 bridgehead atoms. The molecule has 2 heterocycles. The SMILES string of the molecule is COc1cc(=O)c(C(=O)NCCN2CCCCC2)nn1-c1ccc(F)cc1. The molecule has 144 valence electrons. The van der Waals surface area contributed by atoms with Crippen LogP contribution in [0.3, 0.4) is 0 Å². The first kappa shape index (κ1) is 19.0. The van der Waals surface area contributed by atoms with Gasteiger partial charge < -0.3 is 15.0 Å². The minimum Gasteiger partial charge on any atom is -0.481 e. The molecule has 1 fully saturated rings. The van der Waals surface area contributed by atoms with Gasteiger partial charge in [-0.15, -0.1) is 0 Å². The molecule has 0 radical (unpaired) electrons. The van der Waals surface area contributed by atoms with E-state index in [1.807, 2.05) is 0 Å². The van der Waals surface area contributed by atoms with Gasteiger partial charge in [0.25, 0.3) is 5.91 Å². The molecule has 1 aromatic heterocycles.